The number of allylic oxidation sites excluding steroid dienone is 8. The van der Waals surface area contributed by atoms with Crippen LogP contribution in [0.25, 0.3) is 0 Å². The number of rotatable bonds is 29. The fourth-order valence-corrected chi connectivity index (χ4v) is 5.94. The normalized spacial score (nSPS) is 22.0. The Labute approximate surface area is 305 Å². The van der Waals surface area contributed by atoms with E-state index in [-0.39, 0.29) is 19.4 Å². The van der Waals surface area contributed by atoms with Crippen molar-refractivity contribution in [2.24, 2.45) is 0 Å². The van der Waals surface area contributed by atoms with Gasteiger partial charge in [0.05, 0.1) is 6.61 Å². The van der Waals surface area contributed by atoms with Crippen molar-refractivity contribution in [1.82, 2.24) is 0 Å². The third kappa shape index (κ3) is 24.5. The number of aliphatic hydroxyl groups is 3. The molecular weight excluding hydrogens is 680 g/mol. The molecule has 1 aliphatic heterocycles. The largest absolute Gasteiger partial charge is 0.462 e. The zero-order valence-corrected chi connectivity index (χ0v) is 31.5. The van der Waals surface area contributed by atoms with E-state index in [0.29, 0.717) is 12.8 Å². The molecule has 13 heteroatoms. The number of unbranched alkanes of at least 4 members (excludes halogenated alkanes) is 9. The van der Waals surface area contributed by atoms with Crippen LogP contribution in [-0.4, -0.2) is 96.0 Å². The number of ether oxygens (including phenoxy) is 4. The summed E-state index contributed by atoms with van der Waals surface area (Å²) in [5.41, 5.74) is 0. The van der Waals surface area contributed by atoms with E-state index in [1.165, 1.54) is 25.7 Å². The van der Waals surface area contributed by atoms with E-state index in [1.54, 1.807) is 0 Å². The van der Waals surface area contributed by atoms with Crippen molar-refractivity contribution in [2.75, 3.05) is 19.0 Å². The fourth-order valence-electron chi connectivity index (χ4n) is 5.25. The van der Waals surface area contributed by atoms with Gasteiger partial charge < -0.3 is 34.3 Å². The minimum atomic E-state index is -4.60. The Balaban J connectivity index is 2.57. The second-order valence-corrected chi connectivity index (χ2v) is 14.4. The quantitative estimate of drug-likeness (QED) is 0.0301. The highest BCUT2D eigenvalue weighted by Crippen LogP contribution is 2.23. The number of hydrogen-bond acceptors (Lipinski definition) is 11. The van der Waals surface area contributed by atoms with Gasteiger partial charge in [0.25, 0.3) is 10.1 Å². The molecule has 1 aliphatic rings. The van der Waals surface area contributed by atoms with Gasteiger partial charge in [-0.1, -0.05) is 107 Å². The zero-order chi connectivity index (χ0) is 37.7. The van der Waals surface area contributed by atoms with Crippen LogP contribution in [0.3, 0.4) is 0 Å². The summed E-state index contributed by atoms with van der Waals surface area (Å²) >= 11 is 0. The molecule has 1 fully saturated rings. The van der Waals surface area contributed by atoms with E-state index in [0.717, 1.165) is 57.8 Å². The summed E-state index contributed by atoms with van der Waals surface area (Å²) in [5.74, 6) is -2.05. The Bertz CT molecular complexity index is 1150. The third-order valence-electron chi connectivity index (χ3n) is 8.17. The van der Waals surface area contributed by atoms with E-state index in [9.17, 15) is 37.9 Å². The summed E-state index contributed by atoms with van der Waals surface area (Å²) in [6.07, 6.45) is 21.9. The predicted octanol–water partition coefficient (Wildman–Crippen LogP) is 6.05. The van der Waals surface area contributed by atoms with E-state index in [2.05, 4.69) is 62.5 Å². The Kier molecular flexibility index (Phi) is 26.6. The Morgan fingerprint density at radius 1 is 0.686 bits per heavy atom. The molecule has 51 heavy (non-hydrogen) atoms. The maximum Gasteiger partial charge on any atom is 0.306 e. The maximum absolute atomic E-state index is 12.7. The van der Waals surface area contributed by atoms with Gasteiger partial charge in [-0.05, 0) is 51.4 Å². The third-order valence-corrected chi connectivity index (χ3v) is 8.92. The molecule has 1 saturated heterocycles. The van der Waals surface area contributed by atoms with Crippen molar-refractivity contribution in [1.29, 1.82) is 0 Å². The van der Waals surface area contributed by atoms with Crippen LogP contribution in [0.5, 0.6) is 0 Å². The summed E-state index contributed by atoms with van der Waals surface area (Å²) in [7, 11) is -4.60. The lowest BCUT2D eigenvalue weighted by Gasteiger charge is -2.40. The lowest BCUT2D eigenvalue weighted by Crippen LogP contribution is -2.60. The van der Waals surface area contributed by atoms with Crippen LogP contribution in [0.15, 0.2) is 48.6 Å². The highest BCUT2D eigenvalue weighted by Gasteiger charge is 2.46. The van der Waals surface area contributed by atoms with Crippen molar-refractivity contribution in [3.8, 4) is 0 Å². The minimum Gasteiger partial charge on any atom is -0.462 e. The zero-order valence-electron chi connectivity index (χ0n) is 30.7. The van der Waals surface area contributed by atoms with Crippen LogP contribution in [0.4, 0.5) is 0 Å². The molecule has 0 spiro atoms. The smallest absolute Gasteiger partial charge is 0.306 e. The molecule has 0 radical (unpaired) electrons. The molecule has 6 atom stereocenters. The number of esters is 2. The van der Waals surface area contributed by atoms with Gasteiger partial charge in [-0.15, -0.1) is 0 Å². The van der Waals surface area contributed by atoms with Gasteiger partial charge in [-0.3, -0.25) is 14.1 Å². The van der Waals surface area contributed by atoms with Crippen molar-refractivity contribution < 1.29 is 56.8 Å². The molecule has 0 saturated carbocycles. The minimum absolute atomic E-state index is 0.111. The summed E-state index contributed by atoms with van der Waals surface area (Å²) in [4.78, 5) is 25.1. The molecule has 12 nitrogen and oxygen atoms in total. The number of aliphatic hydroxyl groups excluding tert-OH is 3. The molecule has 0 aromatic heterocycles. The Morgan fingerprint density at radius 3 is 1.84 bits per heavy atom. The molecular formula is C38H64O12S. The first-order valence-corrected chi connectivity index (χ1v) is 20.3. The molecule has 0 aliphatic carbocycles. The van der Waals surface area contributed by atoms with E-state index < -0.39 is 71.2 Å². The second-order valence-electron chi connectivity index (χ2n) is 12.9. The van der Waals surface area contributed by atoms with Crippen LogP contribution < -0.4 is 0 Å². The van der Waals surface area contributed by atoms with E-state index in [1.807, 2.05) is 0 Å². The van der Waals surface area contributed by atoms with Crippen molar-refractivity contribution in [3.63, 3.8) is 0 Å². The lowest BCUT2D eigenvalue weighted by molar-refractivity contribution is -0.297. The van der Waals surface area contributed by atoms with Crippen molar-refractivity contribution in [3.05, 3.63) is 48.6 Å². The first kappa shape index (κ1) is 46.6. The molecule has 294 valence electrons. The van der Waals surface area contributed by atoms with Gasteiger partial charge in [0.15, 0.2) is 12.4 Å². The summed E-state index contributed by atoms with van der Waals surface area (Å²) in [6.45, 7) is 3.53. The van der Waals surface area contributed by atoms with Gasteiger partial charge in [0.1, 0.15) is 36.8 Å². The maximum atomic E-state index is 12.7. The van der Waals surface area contributed by atoms with E-state index in [4.69, 9.17) is 18.9 Å². The van der Waals surface area contributed by atoms with Gasteiger partial charge in [0, 0.05) is 12.8 Å². The van der Waals surface area contributed by atoms with Gasteiger partial charge in [0.2, 0.25) is 0 Å². The van der Waals surface area contributed by atoms with Gasteiger partial charge in [-0.2, -0.15) is 8.42 Å². The van der Waals surface area contributed by atoms with Crippen LogP contribution in [0.2, 0.25) is 0 Å². The Morgan fingerprint density at radius 2 is 1.24 bits per heavy atom. The van der Waals surface area contributed by atoms with Crippen molar-refractivity contribution in [2.45, 2.75) is 160 Å². The van der Waals surface area contributed by atoms with Crippen molar-refractivity contribution >= 4 is 22.1 Å². The molecule has 0 amide bonds. The predicted molar refractivity (Wildman–Crippen MR) is 196 cm³/mol. The average molecular weight is 745 g/mol. The van der Waals surface area contributed by atoms with Crippen LogP contribution in [-0.2, 0) is 38.7 Å². The van der Waals surface area contributed by atoms with Crippen LogP contribution in [0.1, 0.15) is 123 Å². The Hall–Kier alpha value is -2.39. The number of carbonyl (C=O) groups is 2. The first-order valence-electron chi connectivity index (χ1n) is 18.7. The second kappa shape index (κ2) is 29.1. The SMILES string of the molecule is CC/C=C/C/C=C/C/C=C/C/C=C/CCCCC(=O)O[C@H](COC(=O)CCCCCCCCCC)CO[C@H]1O[C@H](CS(=O)(=O)O)[C@@H](O)C(O)C1O. The molecule has 1 rings (SSSR count). The van der Waals surface area contributed by atoms with Gasteiger partial charge >= 0.3 is 11.9 Å². The molecule has 0 aromatic carbocycles. The van der Waals surface area contributed by atoms with E-state index >= 15 is 0 Å². The van der Waals surface area contributed by atoms with Crippen LogP contribution in [0, 0.1) is 0 Å². The topological polar surface area (TPSA) is 186 Å². The van der Waals surface area contributed by atoms with Gasteiger partial charge in [-0.25, -0.2) is 0 Å². The van der Waals surface area contributed by atoms with Crippen LogP contribution >= 0.6 is 0 Å². The monoisotopic (exact) mass is 744 g/mol. The fraction of sp³-hybridized carbons (Fsp3) is 0.737. The summed E-state index contributed by atoms with van der Waals surface area (Å²) in [6, 6.07) is 0. The molecule has 0 aromatic rings. The summed E-state index contributed by atoms with van der Waals surface area (Å²) in [5, 5.41) is 30.7. The highest BCUT2D eigenvalue weighted by atomic mass is 32.2. The highest BCUT2D eigenvalue weighted by molar-refractivity contribution is 7.85. The number of carbonyl (C=O) groups excluding carboxylic acids is 2. The molecule has 1 heterocycles. The summed E-state index contributed by atoms with van der Waals surface area (Å²) < 4.78 is 53.6. The first-order chi connectivity index (χ1) is 24.5. The molecule has 2 unspecified atom stereocenters. The number of hydrogen-bond donors (Lipinski definition) is 4. The lowest BCUT2D eigenvalue weighted by atomic mass is 10.00. The standard InChI is InChI=1S/C38H64O12S/c1-3-5-7-9-11-13-14-15-16-17-18-19-21-23-25-27-34(40)49-31(28-47-33(39)26-24-22-20-12-10-8-6-4-2)29-48-38-37(43)36(42)35(41)32(50-38)30-51(44,45)46/h5,7,11,13,15-16,18-19,31-32,35-38,41-43H,3-4,6,8-10,12,14,17,20-30H2,1-2H3,(H,44,45,46)/b7-5+,13-11+,16-15+,19-18+/t31-,32-,35-,36?,37?,38+/m1/s1. The molecule has 4 N–H and O–H groups in total. The molecule has 0 bridgehead atoms. The average Bonchev–Trinajstić information content (AvgIpc) is 3.09.